The van der Waals surface area contributed by atoms with Crippen LogP contribution in [0.4, 0.5) is 5.69 Å². The van der Waals surface area contributed by atoms with Crippen molar-refractivity contribution in [1.29, 1.82) is 0 Å². The Morgan fingerprint density at radius 1 is 1.46 bits per heavy atom. The fourth-order valence-electron chi connectivity index (χ4n) is 0.966. The van der Waals surface area contributed by atoms with Crippen LogP contribution in [0.3, 0.4) is 0 Å². The first-order valence-corrected chi connectivity index (χ1v) is 5.27. The van der Waals surface area contributed by atoms with Crippen molar-refractivity contribution in [2.24, 2.45) is 0 Å². The van der Waals surface area contributed by atoms with Crippen LogP contribution in [0.5, 0.6) is 0 Å². The molecular weight excluding hydrogens is 302 g/mol. The van der Waals surface area contributed by atoms with Crippen molar-refractivity contribution in [2.45, 2.75) is 13.3 Å². The average molecular weight is 309 g/mol. The summed E-state index contributed by atoms with van der Waals surface area (Å²) in [5.41, 5.74) is 1.05. The first-order chi connectivity index (χ1) is 6.06. The quantitative estimate of drug-likeness (QED) is 0.618. The van der Waals surface area contributed by atoms with Gasteiger partial charge in [-0.2, -0.15) is 0 Å². The summed E-state index contributed by atoms with van der Waals surface area (Å²) in [5.74, 6) is 0. The van der Waals surface area contributed by atoms with Crippen molar-refractivity contribution < 1.29 is 4.92 Å². The van der Waals surface area contributed by atoms with Crippen LogP contribution in [0.15, 0.2) is 21.1 Å². The highest BCUT2D eigenvalue weighted by atomic mass is 79.9. The van der Waals surface area contributed by atoms with E-state index in [1.807, 2.05) is 13.0 Å². The zero-order valence-corrected chi connectivity index (χ0v) is 10.1. The van der Waals surface area contributed by atoms with Crippen molar-refractivity contribution in [3.05, 3.63) is 36.8 Å². The van der Waals surface area contributed by atoms with E-state index < -0.39 is 4.92 Å². The van der Waals surface area contributed by atoms with Crippen LogP contribution in [0.1, 0.15) is 12.5 Å². The summed E-state index contributed by atoms with van der Waals surface area (Å²) < 4.78 is 1.22. The first-order valence-electron chi connectivity index (χ1n) is 3.68. The van der Waals surface area contributed by atoms with Crippen molar-refractivity contribution in [3.63, 3.8) is 0 Å². The second-order valence-electron chi connectivity index (χ2n) is 2.52. The lowest BCUT2D eigenvalue weighted by molar-refractivity contribution is -0.385. The fourth-order valence-corrected chi connectivity index (χ4v) is 1.84. The molecule has 13 heavy (non-hydrogen) atoms. The summed E-state index contributed by atoms with van der Waals surface area (Å²) in [5, 5.41) is 10.6. The topological polar surface area (TPSA) is 43.1 Å². The Morgan fingerprint density at radius 3 is 2.54 bits per heavy atom. The molecule has 0 saturated heterocycles. The van der Waals surface area contributed by atoms with Gasteiger partial charge in [-0.1, -0.05) is 6.92 Å². The minimum Gasteiger partial charge on any atom is -0.258 e. The lowest BCUT2D eigenvalue weighted by Gasteiger charge is -2.01. The molecule has 0 amide bonds. The third kappa shape index (κ3) is 2.28. The van der Waals surface area contributed by atoms with Crippen LogP contribution >= 0.6 is 31.9 Å². The van der Waals surface area contributed by atoms with Gasteiger partial charge in [0, 0.05) is 10.5 Å². The van der Waals surface area contributed by atoms with Crippen LogP contribution in [-0.2, 0) is 6.42 Å². The molecule has 1 aromatic carbocycles. The van der Waals surface area contributed by atoms with Crippen LogP contribution in [-0.4, -0.2) is 4.92 Å². The van der Waals surface area contributed by atoms with Crippen molar-refractivity contribution in [1.82, 2.24) is 0 Å². The molecule has 1 rings (SSSR count). The molecule has 0 saturated carbocycles. The molecule has 5 heteroatoms. The van der Waals surface area contributed by atoms with Gasteiger partial charge in [0.05, 0.1) is 4.92 Å². The molecule has 70 valence electrons. The average Bonchev–Trinajstić information content (AvgIpc) is 2.09. The highest BCUT2D eigenvalue weighted by Crippen LogP contribution is 2.33. The summed E-state index contributed by atoms with van der Waals surface area (Å²) in [7, 11) is 0. The van der Waals surface area contributed by atoms with Gasteiger partial charge in [-0.15, -0.1) is 0 Å². The fraction of sp³-hybridized carbons (Fsp3) is 0.250. The Morgan fingerprint density at radius 2 is 2.08 bits per heavy atom. The second-order valence-corrected chi connectivity index (χ2v) is 4.17. The van der Waals surface area contributed by atoms with E-state index in [2.05, 4.69) is 31.9 Å². The van der Waals surface area contributed by atoms with E-state index in [4.69, 9.17) is 0 Å². The molecule has 0 heterocycles. The van der Waals surface area contributed by atoms with E-state index in [1.54, 1.807) is 6.07 Å². The van der Waals surface area contributed by atoms with E-state index >= 15 is 0 Å². The molecule has 0 aliphatic carbocycles. The number of aryl methyl sites for hydroxylation is 1. The molecule has 0 N–H and O–H groups in total. The summed E-state index contributed by atoms with van der Waals surface area (Å²) in [6, 6.07) is 3.45. The van der Waals surface area contributed by atoms with Gasteiger partial charge in [-0.25, -0.2) is 0 Å². The molecule has 0 aliphatic rings. The van der Waals surface area contributed by atoms with Crippen molar-refractivity contribution in [3.8, 4) is 0 Å². The Kier molecular flexibility index (Phi) is 3.44. The van der Waals surface area contributed by atoms with Crippen LogP contribution in [0.25, 0.3) is 0 Å². The molecule has 0 fully saturated rings. The molecule has 0 spiro atoms. The smallest absolute Gasteiger partial charge is 0.258 e. The number of halogens is 2. The molecule has 0 aliphatic heterocycles. The Balaban J connectivity index is 3.33. The molecule has 1 aromatic rings. The van der Waals surface area contributed by atoms with E-state index in [0.717, 1.165) is 16.5 Å². The highest BCUT2D eigenvalue weighted by Gasteiger charge is 2.15. The minimum absolute atomic E-state index is 0.103. The van der Waals surface area contributed by atoms with Crippen LogP contribution < -0.4 is 0 Å². The standard InChI is InChI=1S/C8H7Br2NO2/c1-2-5-3-6(9)8(10)7(4-5)11(12)13/h3-4H,2H2,1H3. The number of nitro groups is 1. The predicted molar refractivity (Wildman–Crippen MR) is 57.9 cm³/mol. The Hall–Kier alpha value is -0.420. The maximum absolute atomic E-state index is 10.6. The molecule has 0 bridgehead atoms. The number of hydrogen-bond acceptors (Lipinski definition) is 2. The third-order valence-corrected chi connectivity index (χ3v) is 3.66. The SMILES string of the molecule is CCc1cc(Br)c(Br)c([N+](=O)[O-])c1. The predicted octanol–water partition coefficient (Wildman–Crippen LogP) is 3.68. The molecule has 0 atom stereocenters. The van der Waals surface area contributed by atoms with Crippen molar-refractivity contribution in [2.75, 3.05) is 0 Å². The Bertz CT molecular complexity index is 352. The third-order valence-electron chi connectivity index (χ3n) is 1.67. The van der Waals surface area contributed by atoms with Gasteiger partial charge in [0.1, 0.15) is 4.47 Å². The highest BCUT2D eigenvalue weighted by molar-refractivity contribution is 9.13. The van der Waals surface area contributed by atoms with Gasteiger partial charge in [0.25, 0.3) is 5.69 Å². The zero-order chi connectivity index (χ0) is 10.0. The maximum Gasteiger partial charge on any atom is 0.284 e. The van der Waals surface area contributed by atoms with Gasteiger partial charge in [-0.05, 0) is 49.9 Å². The van der Waals surface area contributed by atoms with E-state index in [1.165, 1.54) is 0 Å². The van der Waals surface area contributed by atoms with Gasteiger partial charge in [-0.3, -0.25) is 10.1 Å². The Labute approximate surface area is 92.5 Å². The van der Waals surface area contributed by atoms with Crippen LogP contribution in [0, 0.1) is 10.1 Å². The van der Waals surface area contributed by atoms with E-state index in [9.17, 15) is 10.1 Å². The monoisotopic (exact) mass is 307 g/mol. The molecule has 3 nitrogen and oxygen atoms in total. The number of nitro benzene ring substituents is 1. The second kappa shape index (κ2) is 4.19. The van der Waals surface area contributed by atoms with E-state index in [0.29, 0.717) is 4.47 Å². The van der Waals surface area contributed by atoms with Gasteiger partial charge in [0.15, 0.2) is 0 Å². The van der Waals surface area contributed by atoms with Gasteiger partial charge in [0.2, 0.25) is 0 Å². The molecule has 0 unspecified atom stereocenters. The zero-order valence-electron chi connectivity index (χ0n) is 6.88. The summed E-state index contributed by atoms with van der Waals surface area (Å²) >= 11 is 6.41. The maximum atomic E-state index is 10.6. The normalized spacial score (nSPS) is 10.1. The molecule has 0 radical (unpaired) electrons. The number of benzene rings is 1. The van der Waals surface area contributed by atoms with Gasteiger partial charge >= 0.3 is 0 Å². The lowest BCUT2D eigenvalue weighted by Crippen LogP contribution is -1.92. The lowest BCUT2D eigenvalue weighted by atomic mass is 10.1. The summed E-state index contributed by atoms with van der Waals surface area (Å²) in [6.45, 7) is 1.96. The molecular formula is C8H7Br2NO2. The van der Waals surface area contributed by atoms with E-state index in [-0.39, 0.29) is 5.69 Å². The first kappa shape index (κ1) is 10.7. The minimum atomic E-state index is -0.395. The van der Waals surface area contributed by atoms with Crippen LogP contribution in [0.2, 0.25) is 0 Å². The number of nitrogens with zero attached hydrogens (tertiary/aromatic N) is 1. The molecule has 0 aromatic heterocycles. The number of rotatable bonds is 2. The van der Waals surface area contributed by atoms with Gasteiger partial charge < -0.3 is 0 Å². The summed E-state index contributed by atoms with van der Waals surface area (Å²) in [4.78, 5) is 10.2. The largest absolute Gasteiger partial charge is 0.284 e. The summed E-state index contributed by atoms with van der Waals surface area (Å²) in [6.07, 6.45) is 0.784. The van der Waals surface area contributed by atoms with Crippen molar-refractivity contribution >= 4 is 37.5 Å². The number of hydrogen-bond donors (Lipinski definition) is 0.